The number of carbonyl (C=O) groups excluding carboxylic acids is 1. The first-order chi connectivity index (χ1) is 14.7. The van der Waals surface area contributed by atoms with Gasteiger partial charge in [0.25, 0.3) is 0 Å². The van der Waals surface area contributed by atoms with Gasteiger partial charge < -0.3 is 20.3 Å². The molecule has 4 atom stereocenters. The van der Waals surface area contributed by atoms with E-state index < -0.39 is 29.9 Å². The number of carbonyl (C=O) groups is 1. The van der Waals surface area contributed by atoms with Gasteiger partial charge in [0.05, 0.1) is 31.4 Å². The number of likely N-dealkylation sites (tertiary alicyclic amines) is 1. The van der Waals surface area contributed by atoms with Crippen LogP contribution in [0, 0.1) is 0 Å². The van der Waals surface area contributed by atoms with Gasteiger partial charge in [-0.2, -0.15) is 0 Å². The zero-order valence-electron chi connectivity index (χ0n) is 18.6. The largest absolute Gasteiger partial charge is 0.444 e. The first-order valence-electron chi connectivity index (χ1n) is 10.9. The van der Waals surface area contributed by atoms with E-state index in [1.807, 2.05) is 81.4 Å². The molecule has 2 aromatic rings. The van der Waals surface area contributed by atoms with Gasteiger partial charge in [0.15, 0.2) is 0 Å². The predicted molar refractivity (Wildman–Crippen MR) is 120 cm³/mol. The van der Waals surface area contributed by atoms with Crippen molar-refractivity contribution in [2.75, 3.05) is 6.54 Å². The van der Waals surface area contributed by atoms with Crippen molar-refractivity contribution in [1.82, 2.24) is 4.90 Å². The quantitative estimate of drug-likeness (QED) is 0.708. The number of amides is 1. The number of rotatable bonds is 7. The molecule has 0 aliphatic carbocycles. The van der Waals surface area contributed by atoms with E-state index in [9.17, 15) is 9.90 Å². The average molecular weight is 427 g/mol. The number of ether oxygens (including phenoxy) is 2. The Kier molecular flexibility index (Phi) is 7.70. The average Bonchev–Trinajstić information content (AvgIpc) is 3.16. The number of aliphatic hydroxyl groups excluding tert-OH is 1. The van der Waals surface area contributed by atoms with Crippen LogP contribution in [0.2, 0.25) is 0 Å². The topological polar surface area (TPSA) is 85.0 Å². The van der Waals surface area contributed by atoms with Gasteiger partial charge in [-0.1, -0.05) is 60.7 Å². The lowest BCUT2D eigenvalue weighted by Gasteiger charge is -2.33. The molecule has 1 fully saturated rings. The maximum absolute atomic E-state index is 12.9. The Balaban J connectivity index is 1.69. The highest BCUT2D eigenvalue weighted by molar-refractivity contribution is 5.69. The molecule has 0 aromatic heterocycles. The van der Waals surface area contributed by atoms with Gasteiger partial charge >= 0.3 is 6.09 Å². The molecule has 0 radical (unpaired) electrons. The summed E-state index contributed by atoms with van der Waals surface area (Å²) in [5.74, 6) is 0. The fourth-order valence-corrected chi connectivity index (χ4v) is 3.88. The normalized spacial score (nSPS) is 21.0. The van der Waals surface area contributed by atoms with Crippen LogP contribution in [0.1, 0.15) is 38.3 Å². The van der Waals surface area contributed by atoms with Gasteiger partial charge in [-0.15, -0.1) is 0 Å². The zero-order valence-corrected chi connectivity index (χ0v) is 18.6. The maximum Gasteiger partial charge on any atom is 0.410 e. The lowest BCUT2D eigenvalue weighted by Crippen LogP contribution is -2.52. The second kappa shape index (κ2) is 10.3. The van der Waals surface area contributed by atoms with Crippen molar-refractivity contribution < 1.29 is 19.4 Å². The fraction of sp³-hybridized carbons (Fsp3) is 0.480. The highest BCUT2D eigenvalue weighted by Crippen LogP contribution is 2.27. The molecule has 3 N–H and O–H groups in total. The molecule has 0 unspecified atom stereocenters. The van der Waals surface area contributed by atoms with Crippen LogP contribution >= 0.6 is 0 Å². The van der Waals surface area contributed by atoms with Gasteiger partial charge in [0.1, 0.15) is 5.60 Å². The second-order valence-corrected chi connectivity index (χ2v) is 9.20. The highest BCUT2D eigenvalue weighted by atomic mass is 16.6. The predicted octanol–water partition coefficient (Wildman–Crippen LogP) is 3.51. The molecule has 1 aliphatic heterocycles. The first kappa shape index (κ1) is 23.3. The zero-order chi connectivity index (χ0) is 22.4. The van der Waals surface area contributed by atoms with E-state index in [2.05, 4.69) is 0 Å². The van der Waals surface area contributed by atoms with E-state index in [1.54, 1.807) is 4.90 Å². The minimum Gasteiger partial charge on any atom is -0.444 e. The summed E-state index contributed by atoms with van der Waals surface area (Å²) in [6.45, 7) is 6.30. The summed E-state index contributed by atoms with van der Waals surface area (Å²) in [6, 6.07) is 18.7. The standard InChI is InChI=1S/C25H34N2O4/c1-25(2,3)31-24(29)27-16-20(30-17-19-12-8-5-9-13-19)15-22(27)23(28)21(26)14-18-10-6-4-7-11-18/h4-13,20-23,28H,14-17,26H2,1-3H3/t20-,21+,22-,23-/m1/s1. The smallest absolute Gasteiger partial charge is 0.410 e. The molecule has 0 bridgehead atoms. The van der Waals surface area contributed by atoms with Crippen LogP contribution in [0.4, 0.5) is 4.79 Å². The minimum absolute atomic E-state index is 0.198. The molecule has 1 aliphatic rings. The lowest BCUT2D eigenvalue weighted by atomic mass is 9.95. The Labute approximate surface area is 185 Å². The lowest BCUT2D eigenvalue weighted by molar-refractivity contribution is -0.000334. The molecule has 0 saturated carbocycles. The molecule has 6 heteroatoms. The summed E-state index contributed by atoms with van der Waals surface area (Å²) in [5, 5.41) is 11.1. The summed E-state index contributed by atoms with van der Waals surface area (Å²) in [6.07, 6.45) is -0.505. The van der Waals surface area contributed by atoms with Gasteiger partial charge in [-0.3, -0.25) is 4.90 Å². The SMILES string of the molecule is CC(C)(C)OC(=O)N1C[C@H](OCc2ccccc2)C[C@@H]1[C@H](O)[C@@H](N)Cc1ccccc1. The van der Waals surface area contributed by atoms with Crippen LogP contribution < -0.4 is 5.73 Å². The van der Waals surface area contributed by atoms with Gasteiger partial charge in [0, 0.05) is 6.04 Å². The van der Waals surface area contributed by atoms with E-state index >= 15 is 0 Å². The van der Waals surface area contributed by atoms with Crippen LogP contribution in [0.15, 0.2) is 60.7 Å². The number of benzene rings is 2. The molecular formula is C25H34N2O4. The Morgan fingerprint density at radius 3 is 2.26 bits per heavy atom. The van der Waals surface area contributed by atoms with Crippen molar-refractivity contribution in [1.29, 1.82) is 0 Å². The van der Waals surface area contributed by atoms with Crippen LogP contribution in [-0.4, -0.2) is 52.5 Å². The molecule has 168 valence electrons. The molecular weight excluding hydrogens is 392 g/mol. The summed E-state index contributed by atoms with van der Waals surface area (Å²) in [7, 11) is 0. The van der Waals surface area contributed by atoms with Crippen LogP contribution in [0.5, 0.6) is 0 Å². The summed E-state index contributed by atoms with van der Waals surface area (Å²) in [4.78, 5) is 14.5. The van der Waals surface area contributed by atoms with E-state index in [0.717, 1.165) is 11.1 Å². The van der Waals surface area contributed by atoms with E-state index in [0.29, 0.717) is 26.0 Å². The number of hydrogen-bond donors (Lipinski definition) is 2. The molecule has 2 aromatic carbocycles. The summed E-state index contributed by atoms with van der Waals surface area (Å²) in [5.41, 5.74) is 7.85. The Bertz CT molecular complexity index is 822. The maximum atomic E-state index is 12.9. The van der Waals surface area contributed by atoms with E-state index in [-0.39, 0.29) is 6.10 Å². The van der Waals surface area contributed by atoms with E-state index in [1.165, 1.54) is 0 Å². The summed E-state index contributed by atoms with van der Waals surface area (Å²) >= 11 is 0. The molecule has 1 saturated heterocycles. The second-order valence-electron chi connectivity index (χ2n) is 9.20. The monoisotopic (exact) mass is 426 g/mol. The first-order valence-corrected chi connectivity index (χ1v) is 10.9. The number of aliphatic hydroxyl groups is 1. The number of hydrogen-bond acceptors (Lipinski definition) is 5. The van der Waals surface area contributed by atoms with Crippen molar-refractivity contribution in [3.63, 3.8) is 0 Å². The van der Waals surface area contributed by atoms with Crippen molar-refractivity contribution >= 4 is 6.09 Å². The highest BCUT2D eigenvalue weighted by Gasteiger charge is 2.43. The Morgan fingerprint density at radius 1 is 1.10 bits per heavy atom. The van der Waals surface area contributed by atoms with Crippen LogP contribution in [-0.2, 0) is 22.5 Å². The molecule has 3 rings (SSSR count). The molecule has 0 spiro atoms. The minimum atomic E-state index is -0.891. The third-order valence-electron chi connectivity index (χ3n) is 5.41. The molecule has 1 heterocycles. The molecule has 6 nitrogen and oxygen atoms in total. The van der Waals surface area contributed by atoms with Crippen LogP contribution in [0.25, 0.3) is 0 Å². The number of nitrogens with zero attached hydrogens (tertiary/aromatic N) is 1. The Morgan fingerprint density at radius 2 is 1.68 bits per heavy atom. The van der Waals surface area contributed by atoms with Crippen molar-refractivity contribution in [2.24, 2.45) is 5.73 Å². The van der Waals surface area contributed by atoms with Crippen molar-refractivity contribution in [2.45, 2.75) is 70.1 Å². The third-order valence-corrected chi connectivity index (χ3v) is 5.41. The van der Waals surface area contributed by atoms with Gasteiger partial charge in [0.2, 0.25) is 0 Å². The van der Waals surface area contributed by atoms with Crippen molar-refractivity contribution in [3.8, 4) is 0 Å². The third kappa shape index (κ3) is 6.79. The van der Waals surface area contributed by atoms with Gasteiger partial charge in [-0.05, 0) is 44.7 Å². The summed E-state index contributed by atoms with van der Waals surface area (Å²) < 4.78 is 11.7. The van der Waals surface area contributed by atoms with Gasteiger partial charge in [-0.25, -0.2) is 4.79 Å². The van der Waals surface area contributed by atoms with Crippen molar-refractivity contribution in [3.05, 3.63) is 71.8 Å². The Hall–Kier alpha value is -2.41. The molecule has 31 heavy (non-hydrogen) atoms. The number of nitrogens with two attached hydrogens (primary N) is 1. The molecule has 1 amide bonds. The van der Waals surface area contributed by atoms with E-state index in [4.69, 9.17) is 15.2 Å². The fourth-order valence-electron chi connectivity index (χ4n) is 3.88. The van der Waals surface area contributed by atoms with Crippen LogP contribution in [0.3, 0.4) is 0 Å².